The lowest BCUT2D eigenvalue weighted by atomic mass is 10.3. The van der Waals surface area contributed by atoms with Crippen LogP contribution in [0.5, 0.6) is 0 Å². The molecule has 0 bridgehead atoms. The number of hydrogen-bond donors (Lipinski definition) is 1. The summed E-state index contributed by atoms with van der Waals surface area (Å²) in [5.41, 5.74) is 7.51. The molecule has 2 aromatic rings. The number of ether oxygens (including phenoxy) is 1. The highest BCUT2D eigenvalue weighted by molar-refractivity contribution is 5.76. The standard InChI is InChI=1S/C11H14N2O3/c1-15-6-2-5-13-9-4-3-8(12)7-10(9)16-11(13)14/h3-4,7H,2,5-6,12H2,1H3. The molecule has 86 valence electrons. The molecule has 1 heterocycles. The van der Waals surface area contributed by atoms with E-state index in [0.717, 1.165) is 11.9 Å². The third-order valence-corrected chi connectivity index (χ3v) is 2.42. The monoisotopic (exact) mass is 222 g/mol. The van der Waals surface area contributed by atoms with Crippen molar-refractivity contribution in [2.24, 2.45) is 0 Å². The van der Waals surface area contributed by atoms with E-state index in [0.29, 0.717) is 24.4 Å². The molecule has 0 unspecified atom stereocenters. The summed E-state index contributed by atoms with van der Waals surface area (Å²) in [6.07, 6.45) is 0.773. The molecule has 5 nitrogen and oxygen atoms in total. The smallest absolute Gasteiger partial charge is 0.408 e. The zero-order chi connectivity index (χ0) is 11.5. The maximum atomic E-state index is 11.6. The molecule has 5 heteroatoms. The number of rotatable bonds is 4. The largest absolute Gasteiger partial charge is 0.419 e. The van der Waals surface area contributed by atoms with Gasteiger partial charge in [0, 0.05) is 32.0 Å². The lowest BCUT2D eigenvalue weighted by Gasteiger charge is -2.01. The molecular weight excluding hydrogens is 208 g/mol. The van der Waals surface area contributed by atoms with Crippen LogP contribution in [-0.2, 0) is 11.3 Å². The molecule has 0 fully saturated rings. The third-order valence-electron chi connectivity index (χ3n) is 2.42. The second-order valence-electron chi connectivity index (χ2n) is 3.59. The van der Waals surface area contributed by atoms with Gasteiger partial charge in [-0.1, -0.05) is 0 Å². The van der Waals surface area contributed by atoms with E-state index in [4.69, 9.17) is 14.9 Å². The number of nitrogens with zero attached hydrogens (tertiary/aromatic N) is 1. The summed E-state index contributed by atoms with van der Waals surface area (Å²) in [4.78, 5) is 11.6. The van der Waals surface area contributed by atoms with E-state index in [1.54, 1.807) is 29.9 Å². The molecule has 1 aromatic heterocycles. The first-order valence-corrected chi connectivity index (χ1v) is 5.10. The lowest BCUT2D eigenvalue weighted by molar-refractivity contribution is 0.190. The van der Waals surface area contributed by atoms with Gasteiger partial charge in [-0.2, -0.15) is 0 Å². The average molecular weight is 222 g/mol. The van der Waals surface area contributed by atoms with Gasteiger partial charge in [-0.05, 0) is 18.6 Å². The molecule has 0 saturated carbocycles. The number of anilines is 1. The van der Waals surface area contributed by atoms with E-state index < -0.39 is 0 Å². The molecule has 0 atom stereocenters. The molecule has 0 saturated heterocycles. The summed E-state index contributed by atoms with van der Waals surface area (Å²) >= 11 is 0. The van der Waals surface area contributed by atoms with Crippen LogP contribution in [-0.4, -0.2) is 18.3 Å². The normalized spacial score (nSPS) is 11.1. The highest BCUT2D eigenvalue weighted by Crippen LogP contribution is 2.16. The fourth-order valence-corrected chi connectivity index (χ4v) is 1.66. The first-order valence-electron chi connectivity index (χ1n) is 5.10. The summed E-state index contributed by atoms with van der Waals surface area (Å²) in [6, 6.07) is 5.20. The van der Waals surface area contributed by atoms with Gasteiger partial charge in [-0.15, -0.1) is 0 Å². The zero-order valence-corrected chi connectivity index (χ0v) is 9.10. The number of benzene rings is 1. The van der Waals surface area contributed by atoms with Gasteiger partial charge in [0.05, 0.1) is 5.52 Å². The van der Waals surface area contributed by atoms with Crippen LogP contribution in [0, 0.1) is 0 Å². The van der Waals surface area contributed by atoms with Gasteiger partial charge < -0.3 is 14.9 Å². The lowest BCUT2D eigenvalue weighted by Crippen LogP contribution is -2.15. The second kappa shape index (κ2) is 4.40. The third kappa shape index (κ3) is 1.94. The van der Waals surface area contributed by atoms with Gasteiger partial charge >= 0.3 is 5.76 Å². The first kappa shape index (κ1) is 10.8. The van der Waals surface area contributed by atoms with E-state index in [1.807, 2.05) is 0 Å². The summed E-state index contributed by atoms with van der Waals surface area (Å²) < 4.78 is 11.6. The number of nitrogen functional groups attached to an aromatic ring is 1. The van der Waals surface area contributed by atoms with E-state index >= 15 is 0 Å². The maximum Gasteiger partial charge on any atom is 0.419 e. The van der Waals surface area contributed by atoms with Crippen LogP contribution in [0.2, 0.25) is 0 Å². The number of nitrogens with two attached hydrogens (primary N) is 1. The molecule has 0 spiro atoms. The predicted octanol–water partition coefficient (Wildman–Crippen LogP) is 1.21. The second-order valence-corrected chi connectivity index (χ2v) is 3.59. The van der Waals surface area contributed by atoms with E-state index in [1.165, 1.54) is 0 Å². The van der Waals surface area contributed by atoms with Gasteiger partial charge in [0.1, 0.15) is 0 Å². The number of oxazole rings is 1. The van der Waals surface area contributed by atoms with Crippen molar-refractivity contribution in [1.82, 2.24) is 4.57 Å². The summed E-state index contributed by atoms with van der Waals surface area (Å²) in [7, 11) is 1.64. The van der Waals surface area contributed by atoms with Gasteiger partial charge in [-0.3, -0.25) is 4.57 Å². The van der Waals surface area contributed by atoms with Crippen LogP contribution in [0.3, 0.4) is 0 Å². The Hall–Kier alpha value is -1.75. The Morgan fingerprint density at radius 3 is 3.06 bits per heavy atom. The van der Waals surface area contributed by atoms with Crippen molar-refractivity contribution >= 4 is 16.8 Å². The summed E-state index contributed by atoms with van der Waals surface area (Å²) in [6.45, 7) is 1.21. The average Bonchev–Trinajstić information content (AvgIpc) is 2.55. The van der Waals surface area contributed by atoms with Crippen molar-refractivity contribution in [3.8, 4) is 0 Å². The van der Waals surface area contributed by atoms with Crippen molar-refractivity contribution in [2.75, 3.05) is 19.5 Å². The molecule has 16 heavy (non-hydrogen) atoms. The molecule has 0 amide bonds. The number of fused-ring (bicyclic) bond motifs is 1. The Kier molecular flexibility index (Phi) is 2.96. The Morgan fingerprint density at radius 1 is 1.50 bits per heavy atom. The van der Waals surface area contributed by atoms with Crippen molar-refractivity contribution in [3.05, 3.63) is 28.7 Å². The molecule has 0 aliphatic heterocycles. The fourth-order valence-electron chi connectivity index (χ4n) is 1.66. The quantitative estimate of drug-likeness (QED) is 0.623. The molecule has 0 aliphatic carbocycles. The van der Waals surface area contributed by atoms with Gasteiger partial charge in [-0.25, -0.2) is 4.79 Å². The number of aromatic nitrogens is 1. The molecule has 0 radical (unpaired) electrons. The Balaban J connectivity index is 2.36. The minimum atomic E-state index is -0.350. The van der Waals surface area contributed by atoms with Crippen molar-refractivity contribution in [3.63, 3.8) is 0 Å². The number of hydrogen-bond acceptors (Lipinski definition) is 4. The predicted molar refractivity (Wildman–Crippen MR) is 61.4 cm³/mol. The zero-order valence-electron chi connectivity index (χ0n) is 9.10. The van der Waals surface area contributed by atoms with E-state index in [9.17, 15) is 4.79 Å². The van der Waals surface area contributed by atoms with Crippen LogP contribution in [0.15, 0.2) is 27.4 Å². The van der Waals surface area contributed by atoms with Crippen LogP contribution in [0.1, 0.15) is 6.42 Å². The van der Waals surface area contributed by atoms with Crippen LogP contribution in [0.4, 0.5) is 5.69 Å². The number of aryl methyl sites for hydroxylation is 1. The minimum Gasteiger partial charge on any atom is -0.408 e. The minimum absolute atomic E-state index is 0.350. The van der Waals surface area contributed by atoms with Gasteiger partial charge in [0.2, 0.25) is 0 Å². The fraction of sp³-hybridized carbons (Fsp3) is 0.364. The summed E-state index contributed by atoms with van der Waals surface area (Å²) in [5.74, 6) is -0.350. The Morgan fingerprint density at radius 2 is 2.31 bits per heavy atom. The SMILES string of the molecule is COCCCn1c(=O)oc2cc(N)ccc21. The van der Waals surface area contributed by atoms with E-state index in [-0.39, 0.29) is 5.76 Å². The van der Waals surface area contributed by atoms with Gasteiger partial charge in [0.25, 0.3) is 0 Å². The van der Waals surface area contributed by atoms with Crippen LogP contribution < -0.4 is 11.5 Å². The van der Waals surface area contributed by atoms with Crippen molar-refractivity contribution in [1.29, 1.82) is 0 Å². The number of methoxy groups -OCH3 is 1. The Labute approximate surface area is 92.4 Å². The van der Waals surface area contributed by atoms with Crippen LogP contribution in [0.25, 0.3) is 11.1 Å². The highest BCUT2D eigenvalue weighted by atomic mass is 16.5. The van der Waals surface area contributed by atoms with Crippen molar-refractivity contribution < 1.29 is 9.15 Å². The van der Waals surface area contributed by atoms with Crippen LogP contribution >= 0.6 is 0 Å². The molecule has 2 rings (SSSR count). The molecule has 2 N–H and O–H groups in total. The highest BCUT2D eigenvalue weighted by Gasteiger charge is 2.08. The maximum absolute atomic E-state index is 11.6. The first-order chi connectivity index (χ1) is 7.72. The summed E-state index contributed by atoms with van der Waals surface area (Å²) in [5, 5.41) is 0. The molecule has 1 aromatic carbocycles. The van der Waals surface area contributed by atoms with E-state index in [2.05, 4.69) is 0 Å². The van der Waals surface area contributed by atoms with Gasteiger partial charge in [0.15, 0.2) is 5.58 Å². The van der Waals surface area contributed by atoms with Crippen molar-refractivity contribution in [2.45, 2.75) is 13.0 Å². The molecular formula is C11H14N2O3. The topological polar surface area (TPSA) is 70.4 Å². The molecule has 0 aliphatic rings. The Bertz CT molecular complexity index is 542.